The zero-order valence-corrected chi connectivity index (χ0v) is 15.8. The van der Waals surface area contributed by atoms with Crippen molar-refractivity contribution in [3.8, 4) is 0 Å². The van der Waals surface area contributed by atoms with Gasteiger partial charge in [-0.05, 0) is 31.4 Å². The van der Waals surface area contributed by atoms with E-state index < -0.39 is 5.97 Å². The molecule has 2 fully saturated rings. The SMILES string of the molecule is CC[N@+]12CCCC(C(=O)O)C1[C@]21c2ccccc2CSc2ccccc21. The molecular weight excluding hydrogens is 342 g/mol. The smallest absolute Gasteiger partial charge is 0.312 e. The number of nitrogens with zero attached hydrogens (tertiary/aromatic N) is 1. The number of thioether (sulfide) groups is 1. The quantitative estimate of drug-likeness (QED) is 0.638. The van der Waals surface area contributed by atoms with Gasteiger partial charge in [-0.15, -0.1) is 11.8 Å². The molecule has 134 valence electrons. The molecule has 26 heavy (non-hydrogen) atoms. The number of piperidine rings is 1. The highest BCUT2D eigenvalue weighted by molar-refractivity contribution is 7.98. The summed E-state index contributed by atoms with van der Waals surface area (Å²) in [5.74, 6) is 0.0885. The number of fused-ring (bicyclic) bond motifs is 7. The second kappa shape index (κ2) is 5.61. The summed E-state index contributed by atoms with van der Waals surface area (Å²) < 4.78 is 0.915. The predicted molar refractivity (Wildman–Crippen MR) is 103 cm³/mol. The molecule has 3 aliphatic heterocycles. The maximum absolute atomic E-state index is 12.2. The van der Waals surface area contributed by atoms with E-state index in [1.807, 2.05) is 11.8 Å². The average molecular weight is 367 g/mol. The number of aliphatic carboxylic acids is 1. The van der Waals surface area contributed by atoms with Crippen molar-refractivity contribution < 1.29 is 14.4 Å². The minimum atomic E-state index is -0.616. The van der Waals surface area contributed by atoms with Crippen molar-refractivity contribution >= 4 is 17.7 Å². The molecule has 0 saturated carbocycles. The number of carboxylic acids is 1. The first-order valence-corrected chi connectivity index (χ1v) is 10.6. The molecular formula is C22H24NO2S+. The van der Waals surface area contributed by atoms with Crippen LogP contribution in [0.3, 0.4) is 0 Å². The number of likely N-dealkylation sites (N-methyl/N-ethyl adjacent to an activating group) is 1. The van der Waals surface area contributed by atoms with Gasteiger partial charge in [-0.3, -0.25) is 9.28 Å². The monoisotopic (exact) mass is 366 g/mol. The van der Waals surface area contributed by atoms with Gasteiger partial charge in [-0.2, -0.15) is 0 Å². The Hall–Kier alpha value is -1.78. The number of carboxylic acid groups (broad SMARTS) is 1. The number of carbonyl (C=O) groups is 1. The molecule has 0 amide bonds. The lowest BCUT2D eigenvalue weighted by Gasteiger charge is -2.29. The van der Waals surface area contributed by atoms with E-state index in [1.165, 1.54) is 21.6 Å². The number of benzene rings is 2. The average Bonchev–Trinajstić information content (AvgIpc) is 3.34. The van der Waals surface area contributed by atoms with Crippen LogP contribution in [0.1, 0.15) is 36.5 Å². The summed E-state index contributed by atoms with van der Waals surface area (Å²) in [7, 11) is 0. The van der Waals surface area contributed by atoms with Crippen molar-refractivity contribution in [2.45, 2.75) is 42.0 Å². The Balaban J connectivity index is 1.84. The van der Waals surface area contributed by atoms with Crippen molar-refractivity contribution in [2.24, 2.45) is 5.92 Å². The minimum absolute atomic E-state index is 0.153. The van der Waals surface area contributed by atoms with Crippen molar-refractivity contribution in [1.82, 2.24) is 0 Å². The van der Waals surface area contributed by atoms with Crippen LogP contribution < -0.4 is 0 Å². The molecule has 3 heterocycles. The number of hydrogen-bond acceptors (Lipinski definition) is 2. The fraction of sp³-hybridized carbons (Fsp3) is 0.409. The van der Waals surface area contributed by atoms with Crippen LogP contribution in [-0.2, 0) is 16.1 Å². The zero-order valence-electron chi connectivity index (χ0n) is 15.0. The second-order valence-electron chi connectivity index (χ2n) is 7.81. The van der Waals surface area contributed by atoms with E-state index in [0.717, 1.165) is 36.2 Å². The largest absolute Gasteiger partial charge is 0.481 e. The second-order valence-corrected chi connectivity index (χ2v) is 8.83. The molecule has 2 aromatic carbocycles. The lowest BCUT2D eigenvalue weighted by molar-refractivity contribution is -0.846. The normalized spacial score (nSPS) is 34.3. The first-order valence-electron chi connectivity index (χ1n) is 9.57. The highest BCUT2D eigenvalue weighted by Crippen LogP contribution is 2.69. The third kappa shape index (κ3) is 1.82. The van der Waals surface area contributed by atoms with Crippen LogP contribution in [0.4, 0.5) is 0 Å². The maximum Gasteiger partial charge on any atom is 0.312 e. The van der Waals surface area contributed by atoms with E-state index >= 15 is 0 Å². The van der Waals surface area contributed by atoms with Gasteiger partial charge in [0.25, 0.3) is 0 Å². The fourth-order valence-corrected chi connectivity index (χ4v) is 7.26. The molecule has 2 aromatic rings. The first kappa shape index (κ1) is 16.4. The Bertz CT molecular complexity index is 848. The third-order valence-electron chi connectivity index (χ3n) is 7.04. The Morgan fingerprint density at radius 1 is 1.19 bits per heavy atom. The lowest BCUT2D eigenvalue weighted by Crippen LogP contribution is -2.41. The van der Waals surface area contributed by atoms with Crippen molar-refractivity contribution in [1.29, 1.82) is 0 Å². The molecule has 0 aromatic heterocycles. The summed E-state index contributed by atoms with van der Waals surface area (Å²) in [5, 5.41) is 10.0. The van der Waals surface area contributed by atoms with Crippen molar-refractivity contribution in [3.05, 3.63) is 65.2 Å². The summed E-state index contributed by atoms with van der Waals surface area (Å²) >= 11 is 1.90. The summed E-state index contributed by atoms with van der Waals surface area (Å²) in [6.07, 6.45) is 1.81. The Morgan fingerprint density at radius 2 is 1.92 bits per heavy atom. The standard InChI is InChI=1S/C22H23NO2S/c1-2-23-13-7-9-16(21(24)25)20(23)22(23)17-10-4-3-8-15(17)14-26-19-12-6-5-11-18(19)22/h3-6,8,10-12,16,20H,2,7,9,13-14H2,1H3/p+1/t16?,20?,22-,23+/m1/s1. The highest BCUT2D eigenvalue weighted by atomic mass is 32.2. The maximum atomic E-state index is 12.2. The van der Waals surface area contributed by atoms with E-state index in [-0.39, 0.29) is 17.5 Å². The fourth-order valence-electron chi connectivity index (χ4n) is 6.14. The van der Waals surface area contributed by atoms with Gasteiger partial charge in [0.2, 0.25) is 5.54 Å². The predicted octanol–water partition coefficient (Wildman–Crippen LogP) is 4.25. The summed E-state index contributed by atoms with van der Waals surface area (Å²) in [6, 6.07) is 17.6. The van der Waals surface area contributed by atoms with Gasteiger partial charge >= 0.3 is 5.97 Å². The van der Waals surface area contributed by atoms with E-state index in [4.69, 9.17) is 0 Å². The molecule has 3 nitrogen and oxygen atoms in total. The molecule has 0 radical (unpaired) electrons. The summed E-state index contributed by atoms with van der Waals surface area (Å²) in [4.78, 5) is 13.5. The molecule has 0 bridgehead atoms. The van der Waals surface area contributed by atoms with Crippen LogP contribution in [0.5, 0.6) is 0 Å². The highest BCUT2D eigenvalue weighted by Gasteiger charge is 2.84. The Kier molecular flexibility index (Phi) is 3.54. The van der Waals surface area contributed by atoms with Gasteiger partial charge in [0.1, 0.15) is 5.92 Å². The van der Waals surface area contributed by atoms with Gasteiger partial charge < -0.3 is 5.11 Å². The van der Waals surface area contributed by atoms with E-state index in [1.54, 1.807) is 0 Å². The van der Waals surface area contributed by atoms with Gasteiger partial charge in [0, 0.05) is 21.8 Å². The molecule has 5 rings (SSSR count). The molecule has 3 aliphatic rings. The zero-order chi connectivity index (χ0) is 17.9. The molecule has 4 heteroatoms. The molecule has 1 N–H and O–H groups in total. The molecule has 2 saturated heterocycles. The Morgan fingerprint density at radius 3 is 2.69 bits per heavy atom. The van der Waals surface area contributed by atoms with Crippen LogP contribution in [0.2, 0.25) is 0 Å². The van der Waals surface area contributed by atoms with Crippen molar-refractivity contribution in [3.63, 3.8) is 0 Å². The van der Waals surface area contributed by atoms with Gasteiger partial charge in [-0.1, -0.05) is 42.5 Å². The summed E-state index contributed by atoms with van der Waals surface area (Å²) in [5.41, 5.74) is 3.91. The topological polar surface area (TPSA) is 37.3 Å². The molecule has 0 aliphatic carbocycles. The van der Waals surface area contributed by atoms with Crippen LogP contribution in [0.15, 0.2) is 53.4 Å². The van der Waals surface area contributed by atoms with E-state index in [0.29, 0.717) is 0 Å². The van der Waals surface area contributed by atoms with E-state index in [2.05, 4.69) is 55.5 Å². The van der Waals surface area contributed by atoms with Crippen LogP contribution in [-0.4, -0.2) is 34.7 Å². The molecule has 1 spiro atoms. The number of rotatable bonds is 2. The van der Waals surface area contributed by atoms with Gasteiger partial charge in [0.15, 0.2) is 6.04 Å². The number of quaternary nitrogens is 1. The first-order chi connectivity index (χ1) is 12.7. The third-order valence-corrected chi connectivity index (χ3v) is 8.16. The summed E-state index contributed by atoms with van der Waals surface area (Å²) in [6.45, 7) is 4.31. The molecule has 4 atom stereocenters. The van der Waals surface area contributed by atoms with Gasteiger partial charge in [-0.25, -0.2) is 0 Å². The van der Waals surface area contributed by atoms with Crippen molar-refractivity contribution in [2.75, 3.05) is 13.1 Å². The number of hydrogen-bond donors (Lipinski definition) is 1. The van der Waals surface area contributed by atoms with Crippen LogP contribution >= 0.6 is 11.8 Å². The molecule has 2 unspecified atom stereocenters. The van der Waals surface area contributed by atoms with E-state index in [9.17, 15) is 9.90 Å². The minimum Gasteiger partial charge on any atom is -0.481 e. The van der Waals surface area contributed by atoms with Gasteiger partial charge in [0.05, 0.1) is 13.1 Å². The lowest BCUT2D eigenvalue weighted by atomic mass is 9.80. The van der Waals surface area contributed by atoms with Crippen LogP contribution in [0.25, 0.3) is 0 Å². The Labute approximate surface area is 158 Å². The van der Waals surface area contributed by atoms with Crippen LogP contribution in [0, 0.1) is 5.92 Å².